The fourth-order valence-corrected chi connectivity index (χ4v) is 3.52. The minimum atomic E-state index is -2.87. The highest BCUT2D eigenvalue weighted by Crippen LogP contribution is 2.29. The van der Waals surface area contributed by atoms with Crippen molar-refractivity contribution in [2.45, 2.75) is 13.2 Å². The molecule has 0 spiro atoms. The molecule has 4 aromatic carbocycles. The molecule has 1 amide bonds. The van der Waals surface area contributed by atoms with Crippen molar-refractivity contribution in [3.05, 3.63) is 101 Å². The lowest BCUT2D eigenvalue weighted by atomic mass is 10.0. The van der Waals surface area contributed by atoms with Crippen LogP contribution in [0.2, 0.25) is 5.02 Å². The van der Waals surface area contributed by atoms with Gasteiger partial charge >= 0.3 is 6.61 Å². The number of hydrogen-bond donors (Lipinski definition) is 2. The van der Waals surface area contributed by atoms with Crippen LogP contribution in [0, 0.1) is 0 Å². The molecule has 0 saturated heterocycles. The molecule has 0 fully saturated rings. The van der Waals surface area contributed by atoms with Gasteiger partial charge in [0.2, 0.25) is 0 Å². The number of carbonyl (C=O) groups excluding carboxylic acids is 1. The number of alkyl halides is 2. The van der Waals surface area contributed by atoms with Gasteiger partial charge in [-0.15, -0.1) is 0 Å². The van der Waals surface area contributed by atoms with E-state index in [0.29, 0.717) is 5.75 Å². The first-order chi connectivity index (χ1) is 16.9. The lowest BCUT2D eigenvalue weighted by Crippen LogP contribution is -2.17. The molecule has 0 atom stereocenters. The second-order valence-corrected chi connectivity index (χ2v) is 7.78. The zero-order valence-corrected chi connectivity index (χ0v) is 18.9. The zero-order chi connectivity index (χ0) is 24.8. The molecule has 0 bridgehead atoms. The van der Waals surface area contributed by atoms with Crippen LogP contribution < -0.4 is 14.9 Å². The molecule has 9 heteroatoms. The second-order valence-electron chi connectivity index (χ2n) is 7.37. The van der Waals surface area contributed by atoms with Crippen LogP contribution in [0.1, 0.15) is 21.5 Å². The minimum Gasteiger partial charge on any atom is -0.506 e. The van der Waals surface area contributed by atoms with Crippen LogP contribution in [0.3, 0.4) is 0 Å². The largest absolute Gasteiger partial charge is 0.506 e. The number of fused-ring (bicyclic) bond motifs is 1. The summed E-state index contributed by atoms with van der Waals surface area (Å²) in [6.07, 6.45) is 1.52. The van der Waals surface area contributed by atoms with Crippen LogP contribution in [0.5, 0.6) is 17.2 Å². The Bertz CT molecular complexity index is 1380. The molecule has 0 aliphatic carbocycles. The molecule has 6 nitrogen and oxygen atoms in total. The summed E-state index contributed by atoms with van der Waals surface area (Å²) >= 11 is 5.84. The van der Waals surface area contributed by atoms with E-state index in [-0.39, 0.29) is 28.7 Å². The van der Waals surface area contributed by atoms with Crippen LogP contribution in [0.4, 0.5) is 8.78 Å². The van der Waals surface area contributed by atoms with Crippen molar-refractivity contribution in [1.82, 2.24) is 5.43 Å². The zero-order valence-electron chi connectivity index (χ0n) is 18.1. The summed E-state index contributed by atoms with van der Waals surface area (Å²) < 4.78 is 34.9. The first-order valence-corrected chi connectivity index (χ1v) is 10.8. The van der Waals surface area contributed by atoms with Crippen LogP contribution in [0.25, 0.3) is 10.8 Å². The number of aromatic hydroxyl groups is 1. The Balaban J connectivity index is 1.46. The number of amides is 1. The van der Waals surface area contributed by atoms with Gasteiger partial charge in [-0.25, -0.2) is 5.43 Å². The second kappa shape index (κ2) is 10.8. The van der Waals surface area contributed by atoms with Crippen LogP contribution in [-0.4, -0.2) is 23.8 Å². The molecule has 0 heterocycles. The molecule has 0 aromatic heterocycles. The van der Waals surface area contributed by atoms with Gasteiger partial charge in [0, 0.05) is 16.5 Å². The van der Waals surface area contributed by atoms with Gasteiger partial charge in [0.05, 0.1) is 11.2 Å². The molecule has 4 rings (SSSR count). The van der Waals surface area contributed by atoms with E-state index in [1.165, 1.54) is 36.5 Å². The maximum atomic E-state index is 12.3. The van der Waals surface area contributed by atoms with E-state index in [2.05, 4.69) is 15.3 Å². The third-order valence-electron chi connectivity index (χ3n) is 5.04. The smallest absolute Gasteiger partial charge is 0.387 e. The van der Waals surface area contributed by atoms with Crippen LogP contribution in [0.15, 0.2) is 84.0 Å². The molecule has 0 radical (unpaired) electrons. The molecule has 4 aromatic rings. The number of hydrogen-bond acceptors (Lipinski definition) is 5. The summed E-state index contributed by atoms with van der Waals surface area (Å²) in [5.41, 5.74) is 4.24. The molecular formula is C26H19ClF2N2O4. The Hall–Kier alpha value is -4.17. The number of benzene rings is 4. The number of phenols is 1. The Morgan fingerprint density at radius 1 is 1.03 bits per heavy atom. The number of nitrogens with one attached hydrogen (secondary N) is 1. The number of carbonyl (C=O) groups is 1. The molecule has 0 saturated carbocycles. The van der Waals surface area contributed by atoms with Gasteiger partial charge in [-0.05, 0) is 53.4 Å². The van der Waals surface area contributed by atoms with Crippen molar-refractivity contribution in [1.29, 1.82) is 0 Å². The minimum absolute atomic E-state index is 0.0700. The predicted molar refractivity (Wildman–Crippen MR) is 130 cm³/mol. The molecule has 2 N–H and O–H groups in total. The molecule has 0 unspecified atom stereocenters. The van der Waals surface area contributed by atoms with Crippen LogP contribution in [-0.2, 0) is 6.61 Å². The van der Waals surface area contributed by atoms with Crippen molar-refractivity contribution in [2.75, 3.05) is 0 Å². The highest BCUT2D eigenvalue weighted by atomic mass is 35.5. The van der Waals surface area contributed by atoms with E-state index < -0.39 is 12.5 Å². The number of hydrazone groups is 1. The van der Waals surface area contributed by atoms with Crippen LogP contribution >= 0.6 is 11.6 Å². The van der Waals surface area contributed by atoms with Gasteiger partial charge in [0.15, 0.2) is 0 Å². The van der Waals surface area contributed by atoms with Gasteiger partial charge in [-0.3, -0.25) is 4.79 Å². The Kier molecular flexibility index (Phi) is 7.42. The van der Waals surface area contributed by atoms with Gasteiger partial charge < -0.3 is 14.6 Å². The first-order valence-electron chi connectivity index (χ1n) is 10.4. The quantitative estimate of drug-likeness (QED) is 0.227. The summed E-state index contributed by atoms with van der Waals surface area (Å²) in [7, 11) is 0. The molecule has 0 aliphatic heterocycles. The third kappa shape index (κ3) is 6.04. The van der Waals surface area contributed by atoms with Gasteiger partial charge in [0.1, 0.15) is 23.9 Å². The number of nitrogens with zero attached hydrogens (tertiary/aromatic N) is 1. The topological polar surface area (TPSA) is 80.2 Å². The normalized spacial score (nSPS) is 11.2. The lowest BCUT2D eigenvalue weighted by Gasteiger charge is -2.12. The number of phenolic OH excluding ortho intramolecular Hbond substituents is 1. The number of halogens is 3. The number of ether oxygens (including phenoxy) is 2. The molecule has 178 valence electrons. The maximum absolute atomic E-state index is 12.3. The standard InChI is InChI=1S/C26H19ClF2N2O4/c27-22-13-17(7-11-23(22)32)25(33)31-30-14-18-8-12-24(21-4-2-1-3-20(18)21)34-15-16-5-9-19(10-6-16)35-26(28)29/h1-14,26,32H,15H2,(H,31,33)/b30-14+. The van der Waals surface area contributed by atoms with E-state index >= 15 is 0 Å². The maximum Gasteiger partial charge on any atom is 0.387 e. The summed E-state index contributed by atoms with van der Waals surface area (Å²) in [5, 5.41) is 15.3. The van der Waals surface area contributed by atoms with E-state index in [1.54, 1.807) is 18.2 Å². The van der Waals surface area contributed by atoms with Crippen molar-refractivity contribution < 1.29 is 28.2 Å². The third-order valence-corrected chi connectivity index (χ3v) is 5.34. The first kappa shape index (κ1) is 24.0. The van der Waals surface area contributed by atoms with E-state index in [4.69, 9.17) is 16.3 Å². The van der Waals surface area contributed by atoms with Crippen molar-refractivity contribution >= 4 is 34.5 Å². The predicted octanol–water partition coefficient (Wildman–Crippen LogP) is 6.14. The Morgan fingerprint density at radius 3 is 2.49 bits per heavy atom. The summed E-state index contributed by atoms with van der Waals surface area (Å²) in [4.78, 5) is 12.3. The number of rotatable bonds is 8. The Morgan fingerprint density at radius 2 is 1.77 bits per heavy atom. The summed E-state index contributed by atoms with van der Waals surface area (Å²) in [6, 6.07) is 21.5. The lowest BCUT2D eigenvalue weighted by molar-refractivity contribution is -0.0498. The highest BCUT2D eigenvalue weighted by molar-refractivity contribution is 6.32. The Labute approximate surface area is 204 Å². The average Bonchev–Trinajstić information content (AvgIpc) is 2.85. The molecule has 0 aliphatic rings. The van der Waals surface area contributed by atoms with E-state index in [0.717, 1.165) is 21.9 Å². The van der Waals surface area contributed by atoms with Crippen molar-refractivity contribution in [3.8, 4) is 17.2 Å². The van der Waals surface area contributed by atoms with E-state index in [1.807, 2.05) is 30.3 Å². The fraction of sp³-hybridized carbons (Fsp3) is 0.0769. The van der Waals surface area contributed by atoms with E-state index in [9.17, 15) is 18.7 Å². The SMILES string of the molecule is O=C(N/N=C/c1ccc(OCc2ccc(OC(F)F)cc2)c2ccccc12)c1ccc(O)c(Cl)c1. The van der Waals surface area contributed by atoms with Gasteiger partial charge in [0.25, 0.3) is 5.91 Å². The van der Waals surface area contributed by atoms with Crippen molar-refractivity contribution in [3.63, 3.8) is 0 Å². The average molecular weight is 497 g/mol. The molecular weight excluding hydrogens is 478 g/mol. The summed E-state index contributed by atoms with van der Waals surface area (Å²) in [5.74, 6) is 0.127. The van der Waals surface area contributed by atoms with Gasteiger partial charge in [-0.1, -0.05) is 48.0 Å². The summed E-state index contributed by atoms with van der Waals surface area (Å²) in [6.45, 7) is -2.64. The van der Waals surface area contributed by atoms with Crippen molar-refractivity contribution in [2.24, 2.45) is 5.10 Å². The monoisotopic (exact) mass is 496 g/mol. The fourth-order valence-electron chi connectivity index (χ4n) is 3.33. The molecule has 35 heavy (non-hydrogen) atoms. The highest BCUT2D eigenvalue weighted by Gasteiger charge is 2.09. The van der Waals surface area contributed by atoms with Gasteiger partial charge in [-0.2, -0.15) is 13.9 Å².